The maximum absolute atomic E-state index is 12.3. The fourth-order valence-electron chi connectivity index (χ4n) is 3.10. The Balaban J connectivity index is 1.54. The van der Waals surface area contributed by atoms with Gasteiger partial charge in [-0.3, -0.25) is 4.79 Å². The molecule has 5 heteroatoms. The van der Waals surface area contributed by atoms with Crippen molar-refractivity contribution in [3.05, 3.63) is 18.2 Å². The van der Waals surface area contributed by atoms with Crippen LogP contribution in [0.5, 0.6) is 11.5 Å². The third-order valence-electron chi connectivity index (χ3n) is 4.37. The molecule has 1 aliphatic heterocycles. The lowest BCUT2D eigenvalue weighted by Crippen LogP contribution is -2.43. The summed E-state index contributed by atoms with van der Waals surface area (Å²) in [6.07, 6.45) is 7.48. The lowest BCUT2D eigenvalue weighted by atomic mass is 10.1. The number of ether oxygens (including phenoxy) is 2. The van der Waals surface area contributed by atoms with Crippen molar-refractivity contribution >= 4 is 11.6 Å². The summed E-state index contributed by atoms with van der Waals surface area (Å²) in [7, 11) is 0. The summed E-state index contributed by atoms with van der Waals surface area (Å²) in [6.45, 7) is 2.17. The van der Waals surface area contributed by atoms with Gasteiger partial charge in [-0.25, -0.2) is 0 Å². The Morgan fingerprint density at radius 2 is 1.86 bits per heavy atom. The van der Waals surface area contributed by atoms with Crippen molar-refractivity contribution in [3.8, 4) is 11.5 Å². The predicted octanol–water partition coefficient (Wildman–Crippen LogP) is 3.05. The average molecular weight is 304 g/mol. The van der Waals surface area contributed by atoms with Crippen molar-refractivity contribution in [1.82, 2.24) is 5.32 Å². The molecule has 0 saturated heterocycles. The normalized spacial score (nSPS) is 19.5. The average Bonchev–Trinajstić information content (AvgIpc) is 2.83. The van der Waals surface area contributed by atoms with E-state index in [4.69, 9.17) is 9.47 Å². The van der Waals surface area contributed by atoms with Gasteiger partial charge >= 0.3 is 0 Å². The molecule has 22 heavy (non-hydrogen) atoms. The first-order valence-electron chi connectivity index (χ1n) is 8.19. The van der Waals surface area contributed by atoms with Gasteiger partial charge in [-0.1, -0.05) is 25.7 Å². The molecule has 0 aromatic heterocycles. The van der Waals surface area contributed by atoms with Gasteiger partial charge in [-0.15, -0.1) is 0 Å². The summed E-state index contributed by atoms with van der Waals surface area (Å²) in [4.78, 5) is 12.3. The van der Waals surface area contributed by atoms with Crippen LogP contribution in [0.2, 0.25) is 0 Å². The van der Waals surface area contributed by atoms with Crippen molar-refractivity contribution in [2.75, 3.05) is 12.1 Å². The predicted molar refractivity (Wildman–Crippen MR) is 85.3 cm³/mol. The van der Waals surface area contributed by atoms with Gasteiger partial charge in [0.15, 0.2) is 11.5 Å². The maximum Gasteiger partial charge on any atom is 0.241 e. The molecule has 120 valence electrons. The van der Waals surface area contributed by atoms with Crippen molar-refractivity contribution in [3.63, 3.8) is 0 Å². The highest BCUT2D eigenvalue weighted by Gasteiger charge is 2.20. The van der Waals surface area contributed by atoms with E-state index in [-0.39, 0.29) is 18.7 Å². The molecule has 1 atom stereocenters. The summed E-state index contributed by atoms with van der Waals surface area (Å²) in [5.74, 6) is 1.40. The van der Waals surface area contributed by atoms with Gasteiger partial charge in [0.2, 0.25) is 12.7 Å². The van der Waals surface area contributed by atoms with Crippen molar-refractivity contribution in [2.24, 2.45) is 0 Å². The summed E-state index contributed by atoms with van der Waals surface area (Å²) >= 11 is 0. The van der Waals surface area contributed by atoms with E-state index >= 15 is 0 Å². The second-order valence-electron chi connectivity index (χ2n) is 6.13. The van der Waals surface area contributed by atoms with E-state index in [1.54, 1.807) is 6.07 Å². The first kappa shape index (κ1) is 15.2. The number of carbonyl (C=O) groups is 1. The fraction of sp³-hybridized carbons (Fsp3) is 0.588. The van der Waals surface area contributed by atoms with E-state index in [0.717, 1.165) is 11.4 Å². The molecule has 1 fully saturated rings. The summed E-state index contributed by atoms with van der Waals surface area (Å²) in [5, 5.41) is 6.40. The van der Waals surface area contributed by atoms with E-state index in [1.165, 1.54) is 38.5 Å². The molecule has 1 heterocycles. The lowest BCUT2D eigenvalue weighted by molar-refractivity contribution is -0.118. The largest absolute Gasteiger partial charge is 0.454 e. The first-order chi connectivity index (χ1) is 10.7. The van der Waals surface area contributed by atoms with Crippen LogP contribution in [-0.4, -0.2) is 24.8 Å². The Kier molecular flexibility index (Phi) is 4.83. The molecule has 2 N–H and O–H groups in total. The van der Waals surface area contributed by atoms with E-state index in [9.17, 15) is 4.79 Å². The zero-order chi connectivity index (χ0) is 15.4. The van der Waals surface area contributed by atoms with Crippen LogP contribution in [0.15, 0.2) is 18.2 Å². The number of fused-ring (bicyclic) bond motifs is 1. The van der Waals surface area contributed by atoms with Gasteiger partial charge in [0.1, 0.15) is 0 Å². The summed E-state index contributed by atoms with van der Waals surface area (Å²) in [6, 6.07) is 5.72. The van der Waals surface area contributed by atoms with Crippen molar-refractivity contribution in [1.29, 1.82) is 0 Å². The quantitative estimate of drug-likeness (QED) is 0.839. The standard InChI is InChI=1S/C17H24N2O3/c1-12(18-13-6-4-2-3-5-7-13)17(20)19-14-8-9-15-16(10-14)22-11-21-15/h8-10,12-13,18H,2-7,11H2,1H3,(H,19,20)/t12-/m1/s1. The third-order valence-corrected chi connectivity index (χ3v) is 4.37. The van der Waals surface area contributed by atoms with E-state index in [1.807, 2.05) is 19.1 Å². The molecule has 1 amide bonds. The number of hydrogen-bond acceptors (Lipinski definition) is 4. The van der Waals surface area contributed by atoms with Gasteiger partial charge < -0.3 is 20.1 Å². The first-order valence-corrected chi connectivity index (χ1v) is 8.19. The summed E-state index contributed by atoms with van der Waals surface area (Å²) in [5.41, 5.74) is 0.740. The Morgan fingerprint density at radius 3 is 2.64 bits per heavy atom. The molecular formula is C17H24N2O3. The zero-order valence-electron chi connectivity index (χ0n) is 13.1. The van der Waals surface area contributed by atoms with Crippen LogP contribution in [0.4, 0.5) is 5.69 Å². The molecule has 0 bridgehead atoms. The molecule has 0 radical (unpaired) electrons. The van der Waals surface area contributed by atoms with Gasteiger partial charge in [0.25, 0.3) is 0 Å². The van der Waals surface area contributed by atoms with Crippen LogP contribution in [0.1, 0.15) is 45.4 Å². The van der Waals surface area contributed by atoms with E-state index in [0.29, 0.717) is 11.8 Å². The van der Waals surface area contributed by atoms with Crippen LogP contribution in [-0.2, 0) is 4.79 Å². The number of carbonyl (C=O) groups excluding carboxylic acids is 1. The highest BCUT2D eigenvalue weighted by atomic mass is 16.7. The van der Waals surface area contributed by atoms with Crippen LogP contribution < -0.4 is 20.1 Å². The molecule has 2 aliphatic rings. The molecule has 1 aliphatic carbocycles. The number of benzene rings is 1. The highest BCUT2D eigenvalue weighted by molar-refractivity contribution is 5.94. The number of amides is 1. The monoisotopic (exact) mass is 304 g/mol. The molecule has 0 unspecified atom stereocenters. The van der Waals surface area contributed by atoms with E-state index < -0.39 is 0 Å². The molecule has 3 rings (SSSR count). The number of rotatable bonds is 4. The van der Waals surface area contributed by atoms with Crippen LogP contribution in [0, 0.1) is 0 Å². The Labute approximate surface area is 131 Å². The minimum Gasteiger partial charge on any atom is -0.454 e. The minimum absolute atomic E-state index is 0.0110. The third kappa shape index (κ3) is 3.71. The number of hydrogen-bond donors (Lipinski definition) is 2. The Bertz CT molecular complexity index is 525. The molecule has 1 aromatic rings. The second-order valence-corrected chi connectivity index (χ2v) is 6.13. The molecule has 1 saturated carbocycles. The van der Waals surface area contributed by atoms with Gasteiger partial charge in [0, 0.05) is 17.8 Å². The second kappa shape index (κ2) is 7.01. The zero-order valence-corrected chi connectivity index (χ0v) is 13.1. The highest BCUT2D eigenvalue weighted by Crippen LogP contribution is 2.34. The van der Waals surface area contributed by atoms with E-state index in [2.05, 4.69) is 10.6 Å². The topological polar surface area (TPSA) is 59.6 Å². The SMILES string of the molecule is C[C@@H](NC1CCCCCC1)C(=O)Nc1ccc2c(c1)OCO2. The Morgan fingerprint density at radius 1 is 1.14 bits per heavy atom. The van der Waals surface area contributed by atoms with Crippen molar-refractivity contribution < 1.29 is 14.3 Å². The van der Waals surface area contributed by atoms with Crippen LogP contribution in [0.3, 0.4) is 0 Å². The smallest absolute Gasteiger partial charge is 0.241 e. The van der Waals surface area contributed by atoms with Gasteiger partial charge in [-0.05, 0) is 31.9 Å². The number of anilines is 1. The van der Waals surface area contributed by atoms with Crippen molar-refractivity contribution in [2.45, 2.75) is 57.5 Å². The Hall–Kier alpha value is -1.75. The van der Waals surface area contributed by atoms with Gasteiger partial charge in [-0.2, -0.15) is 0 Å². The molecule has 5 nitrogen and oxygen atoms in total. The van der Waals surface area contributed by atoms with Crippen LogP contribution >= 0.6 is 0 Å². The van der Waals surface area contributed by atoms with Gasteiger partial charge in [0.05, 0.1) is 6.04 Å². The molecular weight excluding hydrogens is 280 g/mol. The number of nitrogens with one attached hydrogen (secondary N) is 2. The summed E-state index contributed by atoms with van der Waals surface area (Å²) < 4.78 is 10.6. The minimum atomic E-state index is -0.200. The lowest BCUT2D eigenvalue weighted by Gasteiger charge is -2.21. The molecule has 1 aromatic carbocycles. The maximum atomic E-state index is 12.3. The molecule has 0 spiro atoms. The van der Waals surface area contributed by atoms with Crippen LogP contribution in [0.25, 0.3) is 0 Å². The fourth-order valence-corrected chi connectivity index (χ4v) is 3.10.